The Morgan fingerprint density at radius 2 is 1.72 bits per heavy atom. The lowest BCUT2D eigenvalue weighted by Gasteiger charge is -2.07. The molecular weight excluding hydrogens is 224 g/mol. The minimum absolute atomic E-state index is 0.265. The van der Waals surface area contributed by atoms with E-state index in [1.54, 1.807) is 12.1 Å². The zero-order valence-corrected chi connectivity index (χ0v) is 10.4. The van der Waals surface area contributed by atoms with E-state index in [1.165, 1.54) is 5.56 Å². The Balaban J connectivity index is 2.38. The van der Waals surface area contributed by atoms with Crippen LogP contribution in [0.4, 0.5) is 0 Å². The van der Waals surface area contributed by atoms with Crippen molar-refractivity contribution in [1.29, 1.82) is 0 Å². The number of furan rings is 1. The summed E-state index contributed by atoms with van der Waals surface area (Å²) in [5, 5.41) is 10.8. The predicted molar refractivity (Wildman–Crippen MR) is 72.8 cm³/mol. The summed E-state index contributed by atoms with van der Waals surface area (Å²) in [5.41, 5.74) is 4.03. The van der Waals surface area contributed by atoms with Gasteiger partial charge in [0.05, 0.1) is 0 Å². The Morgan fingerprint density at radius 3 is 2.50 bits per heavy atom. The van der Waals surface area contributed by atoms with E-state index in [-0.39, 0.29) is 5.75 Å². The fraction of sp³-hybridized carbons (Fsp3) is 0.125. The predicted octanol–water partition coefficient (Wildman–Crippen LogP) is 4.42. The smallest absolute Gasteiger partial charge is 0.142 e. The van der Waals surface area contributed by atoms with Gasteiger partial charge in [0.2, 0.25) is 0 Å². The molecule has 0 unspecified atom stereocenters. The molecule has 0 aliphatic heterocycles. The average Bonchev–Trinajstić information content (AvgIpc) is 2.69. The number of hydrogen-bond donors (Lipinski definition) is 1. The molecule has 90 valence electrons. The highest BCUT2D eigenvalue weighted by Crippen LogP contribution is 2.35. The largest absolute Gasteiger partial charge is 0.508 e. The van der Waals surface area contributed by atoms with Crippen LogP contribution in [0.1, 0.15) is 11.3 Å². The third-order valence-electron chi connectivity index (χ3n) is 3.16. The van der Waals surface area contributed by atoms with Crippen LogP contribution in [0, 0.1) is 13.8 Å². The Morgan fingerprint density at radius 1 is 0.944 bits per heavy atom. The van der Waals surface area contributed by atoms with E-state index < -0.39 is 0 Å². The van der Waals surface area contributed by atoms with Crippen LogP contribution in [0.2, 0.25) is 0 Å². The minimum atomic E-state index is 0.265. The molecular formula is C16H14O2. The average molecular weight is 238 g/mol. The van der Waals surface area contributed by atoms with Crippen molar-refractivity contribution in [3.63, 3.8) is 0 Å². The Bertz CT molecular complexity index is 723. The van der Waals surface area contributed by atoms with Crippen molar-refractivity contribution in [2.45, 2.75) is 13.8 Å². The van der Waals surface area contributed by atoms with Crippen LogP contribution in [-0.4, -0.2) is 5.11 Å². The van der Waals surface area contributed by atoms with Crippen LogP contribution < -0.4 is 0 Å². The van der Waals surface area contributed by atoms with Gasteiger partial charge in [0.25, 0.3) is 0 Å². The zero-order valence-electron chi connectivity index (χ0n) is 10.4. The van der Waals surface area contributed by atoms with Crippen molar-refractivity contribution in [3.8, 4) is 16.9 Å². The summed E-state index contributed by atoms with van der Waals surface area (Å²) in [6.07, 6.45) is 0. The first-order valence-corrected chi connectivity index (χ1v) is 5.94. The minimum Gasteiger partial charge on any atom is -0.508 e. The van der Waals surface area contributed by atoms with E-state index in [0.29, 0.717) is 0 Å². The molecule has 0 saturated heterocycles. The first-order valence-electron chi connectivity index (χ1n) is 5.94. The SMILES string of the molecule is Cc1cc2cc(O)cc(-c3ccccc3C)c2o1. The molecule has 2 aromatic carbocycles. The molecule has 0 fully saturated rings. The maximum Gasteiger partial charge on any atom is 0.142 e. The zero-order chi connectivity index (χ0) is 12.7. The molecule has 0 saturated carbocycles. The van der Waals surface area contributed by atoms with Crippen LogP contribution in [0.3, 0.4) is 0 Å². The standard InChI is InChI=1S/C16H14O2/c1-10-5-3-4-6-14(10)15-9-13(17)8-12-7-11(2)18-16(12)15/h3-9,17H,1-2H3. The number of benzene rings is 2. The summed E-state index contributed by atoms with van der Waals surface area (Å²) in [4.78, 5) is 0. The molecule has 1 N–H and O–H groups in total. The molecule has 18 heavy (non-hydrogen) atoms. The van der Waals surface area contributed by atoms with Gasteiger partial charge >= 0.3 is 0 Å². The molecule has 1 aromatic heterocycles. The van der Waals surface area contributed by atoms with E-state index in [2.05, 4.69) is 13.0 Å². The van der Waals surface area contributed by atoms with E-state index in [9.17, 15) is 5.11 Å². The second-order valence-electron chi connectivity index (χ2n) is 4.58. The van der Waals surface area contributed by atoms with Gasteiger partial charge in [-0.2, -0.15) is 0 Å². The van der Waals surface area contributed by atoms with Gasteiger partial charge in [0, 0.05) is 10.9 Å². The highest BCUT2D eigenvalue weighted by Gasteiger charge is 2.11. The molecule has 0 spiro atoms. The van der Waals surface area contributed by atoms with Gasteiger partial charge in [-0.25, -0.2) is 0 Å². The lowest BCUT2D eigenvalue weighted by molar-refractivity contribution is 0.476. The summed E-state index contributed by atoms with van der Waals surface area (Å²) >= 11 is 0. The maximum atomic E-state index is 9.83. The molecule has 2 nitrogen and oxygen atoms in total. The van der Waals surface area contributed by atoms with Gasteiger partial charge in [-0.3, -0.25) is 0 Å². The van der Waals surface area contributed by atoms with Crippen LogP contribution >= 0.6 is 0 Å². The molecule has 3 aromatic rings. The molecule has 1 heterocycles. The number of aromatic hydroxyl groups is 1. The quantitative estimate of drug-likeness (QED) is 0.680. The fourth-order valence-corrected chi connectivity index (χ4v) is 2.34. The van der Waals surface area contributed by atoms with Crippen molar-refractivity contribution in [2.75, 3.05) is 0 Å². The lowest BCUT2D eigenvalue weighted by atomic mass is 9.99. The van der Waals surface area contributed by atoms with Crippen molar-refractivity contribution in [2.24, 2.45) is 0 Å². The molecule has 3 rings (SSSR count). The molecule has 2 heteroatoms. The van der Waals surface area contributed by atoms with Gasteiger partial charge in [-0.05, 0) is 43.2 Å². The molecule has 0 atom stereocenters. The third kappa shape index (κ3) is 1.66. The molecule has 0 aliphatic rings. The van der Waals surface area contributed by atoms with Crippen LogP contribution in [0.5, 0.6) is 5.75 Å². The molecule has 0 aliphatic carbocycles. The first-order chi connectivity index (χ1) is 8.65. The lowest BCUT2D eigenvalue weighted by Crippen LogP contribution is -1.83. The summed E-state index contributed by atoms with van der Waals surface area (Å²) < 4.78 is 5.75. The van der Waals surface area contributed by atoms with Gasteiger partial charge < -0.3 is 9.52 Å². The van der Waals surface area contributed by atoms with Crippen molar-refractivity contribution in [3.05, 3.63) is 53.8 Å². The molecule has 0 bridgehead atoms. The number of fused-ring (bicyclic) bond motifs is 1. The van der Waals surface area contributed by atoms with Crippen molar-refractivity contribution >= 4 is 11.0 Å². The normalized spacial score (nSPS) is 11.0. The molecule has 0 amide bonds. The summed E-state index contributed by atoms with van der Waals surface area (Å²) in [6, 6.07) is 13.5. The number of aryl methyl sites for hydroxylation is 2. The number of phenolic OH excluding ortho intramolecular Hbond substituents is 1. The fourth-order valence-electron chi connectivity index (χ4n) is 2.34. The van der Waals surface area contributed by atoms with E-state index >= 15 is 0 Å². The second-order valence-corrected chi connectivity index (χ2v) is 4.58. The van der Waals surface area contributed by atoms with Crippen LogP contribution in [0.25, 0.3) is 22.1 Å². The maximum absolute atomic E-state index is 9.83. The summed E-state index contributed by atoms with van der Waals surface area (Å²) in [7, 11) is 0. The highest BCUT2D eigenvalue weighted by molar-refractivity contribution is 5.94. The van der Waals surface area contributed by atoms with Gasteiger partial charge in [0.15, 0.2) is 0 Å². The van der Waals surface area contributed by atoms with Gasteiger partial charge in [-0.15, -0.1) is 0 Å². The number of phenols is 1. The van der Waals surface area contributed by atoms with Crippen molar-refractivity contribution < 1.29 is 9.52 Å². The van der Waals surface area contributed by atoms with Crippen molar-refractivity contribution in [1.82, 2.24) is 0 Å². The number of hydrogen-bond acceptors (Lipinski definition) is 2. The second kappa shape index (κ2) is 3.91. The number of rotatable bonds is 1. The Labute approximate surface area is 105 Å². The Hall–Kier alpha value is -2.22. The third-order valence-corrected chi connectivity index (χ3v) is 3.16. The Kier molecular flexibility index (Phi) is 2.37. The van der Waals surface area contributed by atoms with Crippen LogP contribution in [-0.2, 0) is 0 Å². The van der Waals surface area contributed by atoms with Gasteiger partial charge in [0.1, 0.15) is 17.1 Å². The summed E-state index contributed by atoms with van der Waals surface area (Å²) in [5.74, 6) is 1.12. The highest BCUT2D eigenvalue weighted by atomic mass is 16.3. The first kappa shape index (κ1) is 10.9. The van der Waals surface area contributed by atoms with E-state index in [1.807, 2.05) is 31.2 Å². The monoisotopic (exact) mass is 238 g/mol. The summed E-state index contributed by atoms with van der Waals surface area (Å²) in [6.45, 7) is 3.97. The molecule has 0 radical (unpaired) electrons. The van der Waals surface area contributed by atoms with Gasteiger partial charge in [-0.1, -0.05) is 24.3 Å². The van der Waals surface area contributed by atoms with E-state index in [0.717, 1.165) is 27.9 Å². The topological polar surface area (TPSA) is 33.4 Å². The van der Waals surface area contributed by atoms with E-state index in [4.69, 9.17) is 4.42 Å². The van der Waals surface area contributed by atoms with Crippen LogP contribution in [0.15, 0.2) is 46.9 Å².